The number of carbonyl (C=O) groups is 1. The quantitative estimate of drug-likeness (QED) is 0.888. The highest BCUT2D eigenvalue weighted by atomic mass is 16.5. The molecule has 6 nitrogen and oxygen atoms in total. The van der Waals surface area contributed by atoms with Gasteiger partial charge in [-0.3, -0.25) is 0 Å². The molecule has 110 valence electrons. The van der Waals surface area contributed by atoms with Crippen LogP contribution in [0.1, 0.15) is 38.8 Å². The monoisotopic (exact) mass is 279 g/mol. The molecule has 20 heavy (non-hydrogen) atoms. The van der Waals surface area contributed by atoms with Gasteiger partial charge >= 0.3 is 5.97 Å². The average Bonchev–Trinajstić information content (AvgIpc) is 2.79. The van der Waals surface area contributed by atoms with E-state index in [4.69, 9.17) is 4.74 Å². The Kier molecular flexibility index (Phi) is 4.11. The number of ether oxygens (including phenoxy) is 1. The highest BCUT2D eigenvalue weighted by Crippen LogP contribution is 2.33. The van der Waals surface area contributed by atoms with Crippen LogP contribution in [0.5, 0.6) is 5.88 Å². The second-order valence-corrected chi connectivity index (χ2v) is 5.33. The summed E-state index contributed by atoms with van der Waals surface area (Å²) in [5.74, 6) is 0.114. The Morgan fingerprint density at radius 1 is 1.55 bits per heavy atom. The van der Waals surface area contributed by atoms with E-state index < -0.39 is 11.5 Å². The van der Waals surface area contributed by atoms with Crippen molar-refractivity contribution in [2.45, 2.75) is 45.6 Å². The van der Waals surface area contributed by atoms with Gasteiger partial charge in [0.1, 0.15) is 5.54 Å². The van der Waals surface area contributed by atoms with Crippen molar-refractivity contribution in [3.8, 4) is 5.88 Å². The van der Waals surface area contributed by atoms with Crippen molar-refractivity contribution < 1.29 is 14.6 Å². The van der Waals surface area contributed by atoms with Gasteiger partial charge in [0.25, 0.3) is 0 Å². The number of carboxylic acid groups (broad SMARTS) is 1. The van der Waals surface area contributed by atoms with Crippen LogP contribution in [-0.2, 0) is 4.79 Å². The van der Waals surface area contributed by atoms with Gasteiger partial charge in [0, 0.05) is 18.3 Å². The summed E-state index contributed by atoms with van der Waals surface area (Å²) in [5.41, 5.74) is -0.156. The van der Waals surface area contributed by atoms with E-state index in [0.29, 0.717) is 31.4 Å². The molecule has 0 bridgehead atoms. The molecule has 0 spiro atoms. The van der Waals surface area contributed by atoms with Crippen molar-refractivity contribution in [3.63, 3.8) is 0 Å². The van der Waals surface area contributed by atoms with Crippen molar-refractivity contribution >= 4 is 11.9 Å². The Morgan fingerprint density at radius 2 is 2.30 bits per heavy atom. The largest absolute Gasteiger partial charge is 0.480 e. The van der Waals surface area contributed by atoms with Gasteiger partial charge in [-0.05, 0) is 33.1 Å². The molecule has 1 saturated heterocycles. The lowest BCUT2D eigenvalue weighted by atomic mass is 10.00. The van der Waals surface area contributed by atoms with E-state index in [1.807, 2.05) is 13.8 Å². The lowest BCUT2D eigenvalue weighted by Gasteiger charge is -2.31. The van der Waals surface area contributed by atoms with Gasteiger partial charge in [-0.15, -0.1) is 0 Å². The number of hydrogen-bond acceptors (Lipinski definition) is 5. The molecule has 0 aromatic carbocycles. The number of aryl methyl sites for hydroxylation is 1. The molecule has 0 amide bonds. The number of aliphatic carboxylic acids is 1. The first-order chi connectivity index (χ1) is 9.47. The third-order valence-electron chi connectivity index (χ3n) is 3.62. The van der Waals surface area contributed by atoms with E-state index >= 15 is 0 Å². The molecule has 2 heterocycles. The maximum absolute atomic E-state index is 11.5. The molecule has 1 aromatic heterocycles. The molecule has 0 aliphatic carbocycles. The molecule has 1 aliphatic rings. The van der Waals surface area contributed by atoms with Crippen molar-refractivity contribution in [2.75, 3.05) is 18.1 Å². The number of anilines is 1. The highest BCUT2D eigenvalue weighted by Gasteiger charge is 2.44. The summed E-state index contributed by atoms with van der Waals surface area (Å²) in [6, 6.07) is 1.77. The Balaban J connectivity index is 2.32. The summed E-state index contributed by atoms with van der Waals surface area (Å²) in [6.45, 7) is 6.85. The minimum absolute atomic E-state index is 0.443. The maximum atomic E-state index is 11.5. The normalized spacial score (nSPS) is 22.1. The van der Waals surface area contributed by atoms with E-state index in [9.17, 15) is 9.90 Å². The highest BCUT2D eigenvalue weighted by molar-refractivity contribution is 5.83. The fourth-order valence-corrected chi connectivity index (χ4v) is 2.43. The van der Waals surface area contributed by atoms with Gasteiger partial charge in [-0.1, -0.05) is 6.92 Å². The van der Waals surface area contributed by atoms with Crippen molar-refractivity contribution in [1.82, 2.24) is 9.97 Å². The molecule has 1 aliphatic heterocycles. The third kappa shape index (κ3) is 2.69. The van der Waals surface area contributed by atoms with Gasteiger partial charge in [0.2, 0.25) is 11.8 Å². The third-order valence-corrected chi connectivity index (χ3v) is 3.62. The molecule has 6 heteroatoms. The zero-order chi connectivity index (χ0) is 14.8. The minimum atomic E-state index is -0.935. The van der Waals surface area contributed by atoms with Crippen molar-refractivity contribution in [2.24, 2.45) is 0 Å². The van der Waals surface area contributed by atoms with Gasteiger partial charge in [-0.2, -0.15) is 4.98 Å². The topological polar surface area (TPSA) is 75.5 Å². The van der Waals surface area contributed by atoms with Gasteiger partial charge in [0.15, 0.2) is 0 Å². The van der Waals surface area contributed by atoms with E-state index in [1.54, 1.807) is 17.9 Å². The lowest BCUT2D eigenvalue weighted by Crippen LogP contribution is -2.48. The van der Waals surface area contributed by atoms with E-state index in [2.05, 4.69) is 9.97 Å². The average molecular weight is 279 g/mol. The van der Waals surface area contributed by atoms with Crippen LogP contribution in [0.3, 0.4) is 0 Å². The molecule has 1 unspecified atom stereocenters. The van der Waals surface area contributed by atoms with Crippen LogP contribution in [-0.4, -0.2) is 39.7 Å². The van der Waals surface area contributed by atoms with Crippen LogP contribution < -0.4 is 9.64 Å². The molecule has 0 radical (unpaired) electrons. The Bertz CT molecular complexity index is 506. The number of rotatable bonds is 5. The molecule has 1 fully saturated rings. The Morgan fingerprint density at radius 3 is 2.95 bits per heavy atom. The fourth-order valence-electron chi connectivity index (χ4n) is 2.43. The smallest absolute Gasteiger partial charge is 0.329 e. The number of aromatic nitrogens is 2. The van der Waals surface area contributed by atoms with Gasteiger partial charge < -0.3 is 14.7 Å². The van der Waals surface area contributed by atoms with E-state index in [1.165, 1.54) is 0 Å². The van der Waals surface area contributed by atoms with E-state index in [0.717, 1.165) is 18.5 Å². The van der Waals surface area contributed by atoms with Crippen LogP contribution in [0.2, 0.25) is 0 Å². The van der Waals surface area contributed by atoms with E-state index in [-0.39, 0.29) is 0 Å². The maximum Gasteiger partial charge on any atom is 0.329 e. The molecule has 1 atom stereocenters. The number of nitrogens with zero attached hydrogens (tertiary/aromatic N) is 3. The predicted octanol–water partition coefficient (Wildman–Crippen LogP) is 2.02. The minimum Gasteiger partial charge on any atom is -0.480 e. The summed E-state index contributed by atoms with van der Waals surface area (Å²) < 4.78 is 5.54. The standard InChI is InChI=1S/C14H21N3O3/c1-4-8-20-11-9-10(2)15-13(16-11)17-7-5-6-14(17,3)12(18)19/h9H,4-8H2,1-3H3,(H,18,19). The molecule has 1 aromatic rings. The summed E-state index contributed by atoms with van der Waals surface area (Å²) in [6.07, 6.45) is 2.32. The summed E-state index contributed by atoms with van der Waals surface area (Å²) >= 11 is 0. The Labute approximate surface area is 118 Å². The SMILES string of the molecule is CCCOc1cc(C)nc(N2CCCC2(C)C(=O)O)n1. The van der Waals surface area contributed by atoms with Crippen LogP contribution in [0.15, 0.2) is 6.07 Å². The second kappa shape index (κ2) is 5.64. The first kappa shape index (κ1) is 14.6. The molecular weight excluding hydrogens is 258 g/mol. The van der Waals surface area contributed by atoms with Gasteiger partial charge in [0.05, 0.1) is 6.61 Å². The fraction of sp³-hybridized carbons (Fsp3) is 0.643. The summed E-state index contributed by atoms with van der Waals surface area (Å²) in [5, 5.41) is 9.46. The van der Waals surface area contributed by atoms with Crippen molar-refractivity contribution in [1.29, 1.82) is 0 Å². The Hall–Kier alpha value is -1.85. The van der Waals surface area contributed by atoms with Crippen LogP contribution >= 0.6 is 0 Å². The zero-order valence-electron chi connectivity index (χ0n) is 12.2. The van der Waals surface area contributed by atoms with Crippen LogP contribution in [0.4, 0.5) is 5.95 Å². The van der Waals surface area contributed by atoms with Crippen molar-refractivity contribution in [3.05, 3.63) is 11.8 Å². The van der Waals surface area contributed by atoms with Crippen LogP contribution in [0, 0.1) is 6.92 Å². The zero-order valence-corrected chi connectivity index (χ0v) is 12.2. The molecule has 0 saturated carbocycles. The number of hydrogen-bond donors (Lipinski definition) is 1. The molecule has 2 rings (SSSR count). The molecule has 1 N–H and O–H groups in total. The lowest BCUT2D eigenvalue weighted by molar-refractivity contribution is -0.142. The van der Waals surface area contributed by atoms with Crippen LogP contribution in [0.25, 0.3) is 0 Å². The summed E-state index contributed by atoms with van der Waals surface area (Å²) in [4.78, 5) is 22.0. The van der Waals surface area contributed by atoms with Gasteiger partial charge in [-0.25, -0.2) is 9.78 Å². The second-order valence-electron chi connectivity index (χ2n) is 5.33. The first-order valence-corrected chi connectivity index (χ1v) is 6.97. The number of carboxylic acids is 1. The summed E-state index contributed by atoms with van der Waals surface area (Å²) in [7, 11) is 0. The predicted molar refractivity (Wildman–Crippen MR) is 75.2 cm³/mol. The molecular formula is C14H21N3O3. The first-order valence-electron chi connectivity index (χ1n) is 6.97.